The standard InChI is InChI=1S/C31H38N4O3S.ClH/c1-3-29(35-20-18-34(2)19-21-35)39(37,38)26-14-12-25(13-15-26)28(22-23-8-4-5-9-23)31(36)33-30-27-11-7-6-10-24(27)16-17-32-30;/h3,6-7,10-17,23,28-29H,1,4-5,8-9,18-22H2,2H3,(H,32,33,36);1H. The molecule has 9 heteroatoms. The van der Waals surface area contributed by atoms with Crippen molar-refractivity contribution in [1.82, 2.24) is 14.8 Å². The van der Waals surface area contributed by atoms with Crippen molar-refractivity contribution < 1.29 is 13.2 Å². The summed E-state index contributed by atoms with van der Waals surface area (Å²) in [5.41, 5.74) is 0.827. The Labute approximate surface area is 244 Å². The lowest BCUT2D eigenvalue weighted by molar-refractivity contribution is -0.118. The van der Waals surface area contributed by atoms with Crippen LogP contribution in [0.25, 0.3) is 10.8 Å². The average molecular weight is 583 g/mol. The zero-order chi connectivity index (χ0) is 27.4. The van der Waals surface area contributed by atoms with Crippen molar-refractivity contribution in [3.63, 3.8) is 0 Å². The fourth-order valence-corrected chi connectivity index (χ4v) is 7.63. The molecular weight excluding hydrogens is 544 g/mol. The predicted octanol–water partition coefficient (Wildman–Crippen LogP) is 5.49. The number of rotatable bonds is 9. The molecule has 2 heterocycles. The normalized spacial score (nSPS) is 18.6. The number of anilines is 1. The molecule has 3 aromatic rings. The molecule has 0 radical (unpaired) electrons. The van der Waals surface area contributed by atoms with E-state index in [9.17, 15) is 13.2 Å². The third kappa shape index (κ3) is 6.57. The van der Waals surface area contributed by atoms with Gasteiger partial charge in [-0.05, 0) is 48.5 Å². The first-order valence-corrected chi connectivity index (χ1v) is 15.4. The number of piperazine rings is 1. The number of hydrogen-bond acceptors (Lipinski definition) is 6. The van der Waals surface area contributed by atoms with Crippen molar-refractivity contribution in [2.45, 2.75) is 48.3 Å². The Balaban J connectivity index is 0.00000370. The van der Waals surface area contributed by atoms with Gasteiger partial charge < -0.3 is 10.2 Å². The second-order valence-corrected chi connectivity index (χ2v) is 12.9. The number of sulfone groups is 1. The molecule has 2 aliphatic rings. The molecule has 1 aromatic heterocycles. The highest BCUT2D eigenvalue weighted by Crippen LogP contribution is 2.36. The topological polar surface area (TPSA) is 82.6 Å². The number of hydrogen-bond donors (Lipinski definition) is 1. The predicted molar refractivity (Wildman–Crippen MR) is 164 cm³/mol. The largest absolute Gasteiger partial charge is 0.310 e. The Morgan fingerprint density at radius 1 is 1.05 bits per heavy atom. The number of likely N-dealkylation sites (N-methyl/N-ethyl adjacent to an activating group) is 1. The molecule has 7 nitrogen and oxygen atoms in total. The number of fused-ring (bicyclic) bond motifs is 1. The molecule has 214 valence electrons. The average Bonchev–Trinajstić information content (AvgIpc) is 3.47. The first kappa shape index (κ1) is 30.2. The number of halogens is 1. The molecule has 0 bridgehead atoms. The Morgan fingerprint density at radius 2 is 1.73 bits per heavy atom. The number of carbonyl (C=O) groups is 1. The van der Waals surface area contributed by atoms with E-state index in [4.69, 9.17) is 0 Å². The highest BCUT2D eigenvalue weighted by molar-refractivity contribution is 7.92. The van der Waals surface area contributed by atoms with Crippen LogP contribution in [0, 0.1) is 5.92 Å². The summed E-state index contributed by atoms with van der Waals surface area (Å²) in [6, 6.07) is 16.7. The number of benzene rings is 2. The van der Waals surface area contributed by atoms with Gasteiger partial charge in [0.1, 0.15) is 11.2 Å². The molecule has 1 saturated carbocycles. The molecule has 40 heavy (non-hydrogen) atoms. The van der Waals surface area contributed by atoms with Gasteiger partial charge in [0.05, 0.1) is 10.8 Å². The van der Waals surface area contributed by atoms with Gasteiger partial charge in [0.15, 0.2) is 9.84 Å². The summed E-state index contributed by atoms with van der Waals surface area (Å²) in [5.74, 6) is 0.531. The Kier molecular flexibility index (Phi) is 10.0. The summed E-state index contributed by atoms with van der Waals surface area (Å²) >= 11 is 0. The molecule has 2 fully saturated rings. The van der Waals surface area contributed by atoms with Crippen LogP contribution < -0.4 is 5.32 Å². The molecule has 1 aliphatic carbocycles. The van der Waals surface area contributed by atoms with Gasteiger partial charge in [-0.1, -0.05) is 68.2 Å². The number of carbonyl (C=O) groups excluding carboxylic acids is 1. The monoisotopic (exact) mass is 582 g/mol. The van der Waals surface area contributed by atoms with Crippen LogP contribution in [-0.2, 0) is 14.6 Å². The minimum absolute atomic E-state index is 0. The van der Waals surface area contributed by atoms with Gasteiger partial charge in [-0.2, -0.15) is 0 Å². The molecular formula is C31H39ClN4O3S. The maximum atomic E-state index is 13.7. The van der Waals surface area contributed by atoms with Gasteiger partial charge in [0, 0.05) is 37.8 Å². The quantitative estimate of drug-likeness (QED) is 0.336. The third-order valence-electron chi connectivity index (χ3n) is 8.30. The number of pyridine rings is 1. The Hall–Kier alpha value is -2.78. The summed E-state index contributed by atoms with van der Waals surface area (Å²) in [6.07, 6.45) is 8.59. The minimum Gasteiger partial charge on any atom is -0.310 e. The highest BCUT2D eigenvalue weighted by Gasteiger charge is 2.33. The summed E-state index contributed by atoms with van der Waals surface area (Å²) in [7, 11) is -1.60. The van der Waals surface area contributed by atoms with Crippen molar-refractivity contribution in [3.05, 3.63) is 79.0 Å². The van der Waals surface area contributed by atoms with Gasteiger partial charge >= 0.3 is 0 Å². The summed E-state index contributed by atoms with van der Waals surface area (Å²) in [6.45, 7) is 6.84. The van der Waals surface area contributed by atoms with Crippen molar-refractivity contribution in [1.29, 1.82) is 0 Å². The van der Waals surface area contributed by atoms with Gasteiger partial charge in [-0.15, -0.1) is 19.0 Å². The van der Waals surface area contributed by atoms with Gasteiger partial charge in [-0.3, -0.25) is 9.69 Å². The van der Waals surface area contributed by atoms with E-state index < -0.39 is 21.1 Å². The van der Waals surface area contributed by atoms with Crippen LogP contribution in [0.2, 0.25) is 0 Å². The zero-order valence-electron chi connectivity index (χ0n) is 23.0. The van der Waals surface area contributed by atoms with E-state index in [1.54, 1.807) is 18.3 Å². The van der Waals surface area contributed by atoms with Crippen LogP contribution in [0.15, 0.2) is 78.3 Å². The number of amides is 1. The molecule has 0 spiro atoms. The second kappa shape index (κ2) is 13.3. The molecule has 5 rings (SSSR count). The summed E-state index contributed by atoms with van der Waals surface area (Å²) in [4.78, 5) is 22.6. The zero-order valence-corrected chi connectivity index (χ0v) is 24.7. The van der Waals surface area contributed by atoms with E-state index in [0.717, 1.165) is 48.7 Å². The third-order valence-corrected chi connectivity index (χ3v) is 10.4. The molecule has 2 aromatic carbocycles. The van der Waals surface area contributed by atoms with Crippen molar-refractivity contribution in [3.8, 4) is 0 Å². The van der Waals surface area contributed by atoms with Gasteiger partial charge in [-0.25, -0.2) is 13.4 Å². The van der Waals surface area contributed by atoms with Crippen LogP contribution in [0.5, 0.6) is 0 Å². The van der Waals surface area contributed by atoms with Crippen LogP contribution >= 0.6 is 12.4 Å². The Bertz CT molecular complexity index is 1410. The van der Waals surface area contributed by atoms with Gasteiger partial charge in [0.2, 0.25) is 5.91 Å². The van der Waals surface area contributed by atoms with E-state index in [1.165, 1.54) is 18.9 Å². The fraction of sp³-hybridized carbons (Fsp3) is 0.419. The lowest BCUT2D eigenvalue weighted by atomic mass is 9.87. The van der Waals surface area contributed by atoms with Crippen molar-refractivity contribution in [2.24, 2.45) is 5.92 Å². The van der Waals surface area contributed by atoms with Crippen LogP contribution in [-0.4, -0.2) is 67.7 Å². The maximum absolute atomic E-state index is 13.7. The molecule has 2 atom stereocenters. The molecule has 1 amide bonds. The molecule has 1 saturated heterocycles. The van der Waals surface area contributed by atoms with E-state index in [0.29, 0.717) is 24.8 Å². The highest BCUT2D eigenvalue weighted by atomic mass is 35.5. The van der Waals surface area contributed by atoms with Crippen molar-refractivity contribution >= 4 is 44.7 Å². The second-order valence-electron chi connectivity index (χ2n) is 10.9. The van der Waals surface area contributed by atoms with E-state index >= 15 is 0 Å². The number of nitrogens with one attached hydrogen (secondary N) is 1. The molecule has 1 N–H and O–H groups in total. The van der Waals surface area contributed by atoms with Crippen LogP contribution in [0.3, 0.4) is 0 Å². The van der Waals surface area contributed by atoms with E-state index in [-0.39, 0.29) is 23.2 Å². The first-order valence-electron chi connectivity index (χ1n) is 13.9. The maximum Gasteiger partial charge on any atom is 0.233 e. The SMILES string of the molecule is C=CC(N1CCN(C)CC1)S(=O)(=O)c1ccc(C(CC2CCCC2)C(=O)Nc2nccc3ccccc23)cc1.Cl. The first-order chi connectivity index (χ1) is 18.9. The van der Waals surface area contributed by atoms with Crippen LogP contribution in [0.4, 0.5) is 5.82 Å². The minimum atomic E-state index is -3.65. The summed E-state index contributed by atoms with van der Waals surface area (Å²) in [5, 5.41) is 4.23. The number of nitrogens with zero attached hydrogens (tertiary/aromatic N) is 3. The number of aromatic nitrogens is 1. The van der Waals surface area contributed by atoms with Gasteiger partial charge in [0.25, 0.3) is 0 Å². The fourth-order valence-electron chi connectivity index (χ4n) is 5.97. The van der Waals surface area contributed by atoms with E-state index in [1.807, 2.05) is 54.4 Å². The lowest BCUT2D eigenvalue weighted by Gasteiger charge is -2.36. The molecule has 2 unspecified atom stereocenters. The molecule has 1 aliphatic heterocycles. The van der Waals surface area contributed by atoms with Crippen molar-refractivity contribution in [2.75, 3.05) is 38.5 Å². The smallest absolute Gasteiger partial charge is 0.233 e. The Morgan fingerprint density at radius 3 is 2.40 bits per heavy atom. The summed E-state index contributed by atoms with van der Waals surface area (Å²) < 4.78 is 27.2. The van der Waals surface area contributed by atoms with Crippen LogP contribution in [0.1, 0.15) is 43.6 Å². The van der Waals surface area contributed by atoms with E-state index in [2.05, 4.69) is 21.8 Å². The lowest BCUT2D eigenvalue weighted by Crippen LogP contribution is -2.50.